The molecule has 0 heterocycles. The molecule has 0 saturated carbocycles. The molecule has 1 aromatic rings. The third kappa shape index (κ3) is 2.95. The summed E-state index contributed by atoms with van der Waals surface area (Å²) in [6.07, 6.45) is 0. The minimum atomic E-state index is -0.882. The van der Waals surface area contributed by atoms with Crippen LogP contribution in [0, 0.1) is 0 Å². The van der Waals surface area contributed by atoms with E-state index in [1.807, 2.05) is 0 Å². The summed E-state index contributed by atoms with van der Waals surface area (Å²) in [7, 11) is 0. The fourth-order valence-electron chi connectivity index (χ4n) is 1.02. The van der Waals surface area contributed by atoms with Crippen LogP contribution in [0.2, 0.25) is 0 Å². The fourth-order valence-corrected chi connectivity index (χ4v) is 1.18. The van der Waals surface area contributed by atoms with Gasteiger partial charge in [0.05, 0.1) is 0 Å². The van der Waals surface area contributed by atoms with Crippen molar-refractivity contribution in [2.75, 3.05) is 0 Å². The van der Waals surface area contributed by atoms with Gasteiger partial charge in [-0.2, -0.15) is 0 Å². The summed E-state index contributed by atoms with van der Waals surface area (Å²) in [5, 5.41) is 9.36. The van der Waals surface area contributed by atoms with Crippen LogP contribution in [0.5, 0.6) is 5.75 Å². The Kier molecular flexibility index (Phi) is 3.68. The van der Waals surface area contributed by atoms with Crippen molar-refractivity contribution in [3.05, 3.63) is 29.3 Å². The van der Waals surface area contributed by atoms with E-state index in [-0.39, 0.29) is 17.2 Å². The Morgan fingerprint density at radius 3 is 2.67 bits per heavy atom. The highest BCUT2D eigenvalue weighted by molar-refractivity contribution is 6.17. The minimum absolute atomic E-state index is 0.0663. The molecule has 0 atom stereocenters. The van der Waals surface area contributed by atoms with Gasteiger partial charge in [0.2, 0.25) is 0 Å². The Labute approximate surface area is 91.4 Å². The molecule has 80 valence electrons. The van der Waals surface area contributed by atoms with Crippen molar-refractivity contribution in [1.29, 1.82) is 0 Å². The maximum absolute atomic E-state index is 11.3. The van der Waals surface area contributed by atoms with Crippen molar-refractivity contribution < 1.29 is 19.4 Å². The van der Waals surface area contributed by atoms with E-state index >= 15 is 0 Å². The Morgan fingerprint density at radius 2 is 2.13 bits per heavy atom. The second-order valence-electron chi connectivity index (χ2n) is 2.87. The van der Waals surface area contributed by atoms with Gasteiger partial charge in [-0.05, 0) is 17.7 Å². The van der Waals surface area contributed by atoms with Crippen LogP contribution < -0.4 is 0 Å². The zero-order valence-corrected chi connectivity index (χ0v) is 8.75. The molecule has 4 nitrogen and oxygen atoms in total. The lowest BCUT2D eigenvalue weighted by molar-refractivity contribution is -0.135. The first-order valence-corrected chi connectivity index (χ1v) is 4.68. The molecule has 0 saturated heterocycles. The van der Waals surface area contributed by atoms with Crippen LogP contribution in [-0.2, 0) is 15.4 Å². The number of carbonyl (C=O) groups is 2. The van der Waals surface area contributed by atoms with Crippen molar-refractivity contribution >= 4 is 23.5 Å². The average Bonchev–Trinajstić information content (AvgIpc) is 2.17. The van der Waals surface area contributed by atoms with E-state index in [0.717, 1.165) is 6.92 Å². The Morgan fingerprint density at radius 1 is 1.47 bits per heavy atom. The molecule has 0 aliphatic carbocycles. The lowest BCUT2D eigenvalue weighted by Crippen LogP contribution is -2.09. The maximum Gasteiger partial charge on any atom is 0.349 e. The predicted molar refractivity (Wildman–Crippen MR) is 53.8 cm³/mol. The van der Waals surface area contributed by atoms with Gasteiger partial charge in [-0.15, -0.1) is 11.6 Å². The SMILES string of the molecule is CC(=O)OC(=O)c1cc(CCl)ccc1O. The number of ether oxygens (including phenoxy) is 1. The summed E-state index contributed by atoms with van der Waals surface area (Å²) in [6, 6.07) is 4.29. The molecule has 15 heavy (non-hydrogen) atoms. The Bertz CT molecular complexity index is 400. The highest BCUT2D eigenvalue weighted by Crippen LogP contribution is 2.20. The van der Waals surface area contributed by atoms with E-state index in [9.17, 15) is 14.7 Å². The first-order chi connectivity index (χ1) is 7.04. The van der Waals surface area contributed by atoms with Crippen molar-refractivity contribution in [3.63, 3.8) is 0 Å². The summed E-state index contributed by atoms with van der Waals surface area (Å²) >= 11 is 5.56. The van der Waals surface area contributed by atoms with Crippen LogP contribution in [0.4, 0.5) is 0 Å². The molecule has 1 aromatic carbocycles. The maximum atomic E-state index is 11.3. The first-order valence-electron chi connectivity index (χ1n) is 4.15. The molecular weight excluding hydrogens is 220 g/mol. The van der Waals surface area contributed by atoms with Gasteiger partial charge in [0.1, 0.15) is 11.3 Å². The summed E-state index contributed by atoms with van der Waals surface area (Å²) in [4.78, 5) is 21.8. The van der Waals surface area contributed by atoms with Gasteiger partial charge in [0.15, 0.2) is 0 Å². The normalized spacial score (nSPS) is 9.73. The standard InChI is InChI=1S/C10H9ClO4/c1-6(12)15-10(14)8-4-7(5-11)2-3-9(8)13/h2-4,13H,5H2,1H3. The Balaban J connectivity index is 3.01. The zero-order valence-electron chi connectivity index (χ0n) is 7.99. The zero-order chi connectivity index (χ0) is 11.4. The van der Waals surface area contributed by atoms with E-state index in [1.54, 1.807) is 6.07 Å². The molecule has 0 fully saturated rings. The van der Waals surface area contributed by atoms with Crippen molar-refractivity contribution in [1.82, 2.24) is 0 Å². The molecule has 0 aromatic heterocycles. The molecule has 0 aliphatic rings. The molecule has 0 bridgehead atoms. The van der Waals surface area contributed by atoms with Crippen LogP contribution in [0.15, 0.2) is 18.2 Å². The molecule has 0 aliphatic heterocycles. The van der Waals surface area contributed by atoms with Crippen LogP contribution in [-0.4, -0.2) is 17.0 Å². The van der Waals surface area contributed by atoms with Crippen LogP contribution in [0.25, 0.3) is 0 Å². The van der Waals surface area contributed by atoms with Gasteiger partial charge in [-0.1, -0.05) is 6.07 Å². The van der Waals surface area contributed by atoms with Gasteiger partial charge < -0.3 is 9.84 Å². The van der Waals surface area contributed by atoms with Crippen molar-refractivity contribution in [3.8, 4) is 5.75 Å². The van der Waals surface area contributed by atoms with Crippen LogP contribution in [0.1, 0.15) is 22.8 Å². The van der Waals surface area contributed by atoms with Crippen molar-refractivity contribution in [2.24, 2.45) is 0 Å². The van der Waals surface area contributed by atoms with E-state index in [0.29, 0.717) is 5.56 Å². The Hall–Kier alpha value is -1.55. The number of aromatic hydroxyl groups is 1. The number of phenols is 1. The summed E-state index contributed by atoms with van der Waals surface area (Å²) < 4.78 is 4.34. The summed E-state index contributed by atoms with van der Waals surface area (Å²) in [6.45, 7) is 1.11. The number of rotatable bonds is 2. The number of esters is 2. The van der Waals surface area contributed by atoms with E-state index < -0.39 is 11.9 Å². The van der Waals surface area contributed by atoms with Gasteiger partial charge in [-0.25, -0.2) is 4.79 Å². The lowest BCUT2D eigenvalue weighted by Gasteiger charge is -2.04. The van der Waals surface area contributed by atoms with Crippen molar-refractivity contribution in [2.45, 2.75) is 12.8 Å². The fraction of sp³-hybridized carbons (Fsp3) is 0.200. The number of hydrogen-bond acceptors (Lipinski definition) is 4. The second-order valence-corrected chi connectivity index (χ2v) is 3.13. The highest BCUT2D eigenvalue weighted by Gasteiger charge is 2.14. The number of hydrogen-bond donors (Lipinski definition) is 1. The average molecular weight is 229 g/mol. The van der Waals surface area contributed by atoms with Gasteiger partial charge in [0.25, 0.3) is 0 Å². The van der Waals surface area contributed by atoms with E-state index in [1.165, 1.54) is 12.1 Å². The monoisotopic (exact) mass is 228 g/mol. The number of benzene rings is 1. The highest BCUT2D eigenvalue weighted by atomic mass is 35.5. The molecule has 0 spiro atoms. The number of alkyl halides is 1. The number of phenolic OH excluding ortho intramolecular Hbond substituents is 1. The predicted octanol–water partition coefficient (Wildman–Crippen LogP) is 1.83. The molecule has 0 amide bonds. The quantitative estimate of drug-likeness (QED) is 0.477. The topological polar surface area (TPSA) is 63.6 Å². The smallest absolute Gasteiger partial charge is 0.349 e. The molecule has 5 heteroatoms. The summed E-state index contributed by atoms with van der Waals surface area (Å²) in [5.41, 5.74) is 0.591. The largest absolute Gasteiger partial charge is 0.507 e. The molecule has 1 rings (SSSR count). The molecule has 1 N–H and O–H groups in total. The summed E-state index contributed by atoms with van der Waals surface area (Å²) in [5.74, 6) is -1.64. The van der Waals surface area contributed by atoms with Crippen LogP contribution in [0.3, 0.4) is 0 Å². The lowest BCUT2D eigenvalue weighted by atomic mass is 10.1. The number of halogens is 1. The number of carbonyl (C=O) groups excluding carboxylic acids is 2. The molecule has 0 unspecified atom stereocenters. The minimum Gasteiger partial charge on any atom is -0.507 e. The third-order valence-corrected chi connectivity index (χ3v) is 1.98. The third-order valence-electron chi connectivity index (χ3n) is 1.67. The van der Waals surface area contributed by atoms with Gasteiger partial charge in [0, 0.05) is 12.8 Å². The van der Waals surface area contributed by atoms with E-state index in [4.69, 9.17) is 11.6 Å². The molecular formula is C10H9ClO4. The first kappa shape index (κ1) is 11.5. The van der Waals surface area contributed by atoms with Crippen LogP contribution >= 0.6 is 11.6 Å². The second kappa shape index (κ2) is 4.79. The van der Waals surface area contributed by atoms with Gasteiger partial charge in [-0.3, -0.25) is 4.79 Å². The van der Waals surface area contributed by atoms with E-state index in [2.05, 4.69) is 4.74 Å². The molecule has 0 radical (unpaired) electrons. The van der Waals surface area contributed by atoms with Gasteiger partial charge >= 0.3 is 11.9 Å².